The number of hydrogen-bond donors (Lipinski definition) is 0. The first-order valence-corrected chi connectivity index (χ1v) is 5.75. The van der Waals surface area contributed by atoms with E-state index in [1.165, 1.54) is 27.6 Å². The van der Waals surface area contributed by atoms with Gasteiger partial charge in [-0.3, -0.25) is 0 Å². The Morgan fingerprint density at radius 1 is 1.20 bits per heavy atom. The van der Waals surface area contributed by atoms with Crippen molar-refractivity contribution in [2.45, 2.75) is 13.1 Å². The Bertz CT molecular complexity index is 693. The number of nitrogens with zero attached hydrogens (tertiary/aromatic N) is 3. The zero-order valence-corrected chi connectivity index (χ0v) is 10.8. The van der Waals surface area contributed by atoms with E-state index in [2.05, 4.69) is 5.10 Å². The highest BCUT2D eigenvalue weighted by Crippen LogP contribution is 2.28. The highest BCUT2D eigenvalue weighted by atomic mass is 19.4. The first-order chi connectivity index (χ1) is 9.29. The monoisotopic (exact) mass is 283 g/mol. The van der Waals surface area contributed by atoms with Gasteiger partial charge in [0.2, 0.25) is 0 Å². The summed E-state index contributed by atoms with van der Waals surface area (Å²) in [5.41, 5.74) is 0.0854. The second-order valence-corrected chi connectivity index (χ2v) is 4.34. The molecule has 0 spiro atoms. The van der Waals surface area contributed by atoms with Gasteiger partial charge in [0.05, 0.1) is 17.5 Å². The van der Waals surface area contributed by atoms with E-state index in [9.17, 15) is 18.0 Å². The van der Waals surface area contributed by atoms with Crippen molar-refractivity contribution in [1.29, 1.82) is 0 Å². The molecule has 0 fully saturated rings. The summed E-state index contributed by atoms with van der Waals surface area (Å²) in [4.78, 5) is 11.7. The summed E-state index contributed by atoms with van der Waals surface area (Å²) in [5, 5.41) is 3.97. The van der Waals surface area contributed by atoms with Crippen LogP contribution in [0.2, 0.25) is 0 Å². The van der Waals surface area contributed by atoms with Crippen LogP contribution in [0.25, 0.3) is 0 Å². The summed E-state index contributed by atoms with van der Waals surface area (Å²) in [6.45, 7) is 1.71. The third-order valence-electron chi connectivity index (χ3n) is 2.76. The molecule has 0 saturated carbocycles. The van der Waals surface area contributed by atoms with Crippen molar-refractivity contribution in [2.75, 3.05) is 0 Å². The fraction of sp³-hybridized carbons (Fsp3) is 0.231. The number of hydrogen-bond acceptors (Lipinski definition) is 2. The second kappa shape index (κ2) is 4.99. The highest BCUT2D eigenvalue weighted by Gasteiger charge is 2.29. The van der Waals surface area contributed by atoms with Crippen LogP contribution < -0.4 is 5.69 Å². The van der Waals surface area contributed by atoms with Gasteiger partial charge in [0, 0.05) is 13.2 Å². The van der Waals surface area contributed by atoms with Crippen LogP contribution >= 0.6 is 0 Å². The summed E-state index contributed by atoms with van der Waals surface area (Å²) >= 11 is 0. The molecule has 0 bridgehead atoms. The summed E-state index contributed by atoms with van der Waals surface area (Å²) in [6.07, 6.45) is -1.40. The molecule has 0 aliphatic carbocycles. The summed E-state index contributed by atoms with van der Waals surface area (Å²) < 4.78 is 39.7. The second-order valence-electron chi connectivity index (χ2n) is 4.34. The van der Waals surface area contributed by atoms with Gasteiger partial charge in [-0.15, -0.1) is 0 Å². The molecule has 20 heavy (non-hydrogen) atoms. The normalized spacial score (nSPS) is 12.2. The van der Waals surface area contributed by atoms with Crippen LogP contribution in [-0.4, -0.2) is 15.5 Å². The lowest BCUT2D eigenvalue weighted by molar-refractivity contribution is -0.137. The molecule has 2 aromatic rings. The summed E-state index contributed by atoms with van der Waals surface area (Å²) in [6, 6.07) is 4.55. The van der Waals surface area contributed by atoms with Gasteiger partial charge in [0.15, 0.2) is 0 Å². The fourth-order valence-corrected chi connectivity index (χ4v) is 1.71. The molecule has 0 unspecified atom stereocenters. The maximum Gasteiger partial charge on any atom is 0.416 e. The Morgan fingerprint density at radius 3 is 2.25 bits per heavy atom. The van der Waals surface area contributed by atoms with Crippen LogP contribution in [0.1, 0.15) is 16.8 Å². The van der Waals surface area contributed by atoms with E-state index in [1.807, 2.05) is 0 Å². The van der Waals surface area contributed by atoms with E-state index in [0.29, 0.717) is 11.3 Å². The smallest absolute Gasteiger partial charge is 0.300 e. The minimum atomic E-state index is -4.36. The van der Waals surface area contributed by atoms with Crippen LogP contribution in [0.4, 0.5) is 13.2 Å². The van der Waals surface area contributed by atoms with E-state index in [4.69, 9.17) is 0 Å². The van der Waals surface area contributed by atoms with Crippen molar-refractivity contribution in [3.05, 3.63) is 57.8 Å². The number of halogens is 3. The van der Waals surface area contributed by atoms with E-state index in [-0.39, 0.29) is 5.69 Å². The maximum atomic E-state index is 12.4. The van der Waals surface area contributed by atoms with Gasteiger partial charge in [-0.2, -0.15) is 22.9 Å². The Balaban J connectivity index is 2.26. The van der Waals surface area contributed by atoms with Gasteiger partial charge in [-0.25, -0.2) is 4.79 Å². The first-order valence-electron chi connectivity index (χ1n) is 5.75. The molecule has 0 radical (unpaired) electrons. The molecule has 7 heteroatoms. The third kappa shape index (κ3) is 2.81. The quantitative estimate of drug-likeness (QED) is 0.780. The van der Waals surface area contributed by atoms with E-state index in [0.717, 1.165) is 12.1 Å². The largest absolute Gasteiger partial charge is 0.416 e. The molecule has 106 valence electrons. The molecule has 0 amide bonds. The predicted octanol–water partition coefficient (Wildman–Crippen LogP) is 2.40. The van der Waals surface area contributed by atoms with Gasteiger partial charge in [-0.1, -0.05) is 12.1 Å². The van der Waals surface area contributed by atoms with Crippen molar-refractivity contribution < 1.29 is 13.2 Å². The van der Waals surface area contributed by atoms with Crippen molar-refractivity contribution in [2.24, 2.45) is 12.1 Å². The molecule has 1 heterocycles. The molecule has 0 saturated heterocycles. The number of aromatic nitrogens is 2. The molecular formula is C13H12F3N3O. The fourth-order valence-electron chi connectivity index (χ4n) is 1.71. The van der Waals surface area contributed by atoms with Crippen LogP contribution in [0.5, 0.6) is 0 Å². The Morgan fingerprint density at radius 2 is 1.80 bits per heavy atom. The number of alkyl halides is 3. The van der Waals surface area contributed by atoms with Crippen LogP contribution in [-0.2, 0) is 13.2 Å². The van der Waals surface area contributed by atoms with Crippen LogP contribution in [0.3, 0.4) is 0 Å². The molecule has 0 atom stereocenters. The zero-order valence-electron chi connectivity index (χ0n) is 10.8. The maximum absolute atomic E-state index is 12.4. The van der Waals surface area contributed by atoms with Gasteiger partial charge in [0.1, 0.15) is 0 Å². The van der Waals surface area contributed by atoms with E-state index >= 15 is 0 Å². The van der Waals surface area contributed by atoms with E-state index in [1.54, 1.807) is 20.2 Å². The first kappa shape index (κ1) is 14.1. The minimum absolute atomic E-state index is 0.314. The number of imidazole rings is 1. The van der Waals surface area contributed by atoms with Crippen molar-refractivity contribution in [1.82, 2.24) is 9.24 Å². The standard InChI is InChI=1S/C13H12F3N3O/c1-9-8-18(2)12(20)19(9)17-7-10-3-5-11(6-4-10)13(14,15)16/h3-8H,1-2H3/b17-7+. The molecule has 1 aromatic heterocycles. The molecule has 4 nitrogen and oxygen atoms in total. The molecule has 1 aromatic carbocycles. The van der Waals surface area contributed by atoms with Crippen molar-refractivity contribution in [3.63, 3.8) is 0 Å². The van der Waals surface area contributed by atoms with Crippen molar-refractivity contribution >= 4 is 6.21 Å². The van der Waals surface area contributed by atoms with Crippen LogP contribution in [0.15, 0.2) is 40.4 Å². The molecule has 0 N–H and O–H groups in total. The third-order valence-corrected chi connectivity index (χ3v) is 2.76. The van der Waals surface area contributed by atoms with E-state index < -0.39 is 11.7 Å². The lowest BCUT2D eigenvalue weighted by Gasteiger charge is -2.05. The average molecular weight is 283 g/mol. The van der Waals surface area contributed by atoms with Gasteiger partial charge >= 0.3 is 11.9 Å². The predicted molar refractivity (Wildman–Crippen MR) is 68.8 cm³/mol. The highest BCUT2D eigenvalue weighted by molar-refractivity contribution is 5.79. The molecule has 0 aliphatic rings. The number of aryl methyl sites for hydroxylation is 2. The molecular weight excluding hydrogens is 271 g/mol. The summed E-state index contributed by atoms with van der Waals surface area (Å²) in [5.74, 6) is 0. The minimum Gasteiger partial charge on any atom is -0.300 e. The Hall–Kier alpha value is -2.31. The average Bonchev–Trinajstić information content (AvgIpc) is 2.61. The Kier molecular flexibility index (Phi) is 3.52. The molecule has 2 rings (SSSR count). The summed E-state index contributed by atoms with van der Waals surface area (Å²) in [7, 11) is 1.60. The molecule has 0 aliphatic heterocycles. The van der Waals surface area contributed by atoms with Gasteiger partial charge in [0.25, 0.3) is 0 Å². The Labute approximate surface area is 112 Å². The lowest BCUT2D eigenvalue weighted by Crippen LogP contribution is -2.19. The number of rotatable bonds is 2. The van der Waals surface area contributed by atoms with Gasteiger partial charge in [-0.05, 0) is 24.6 Å². The lowest BCUT2D eigenvalue weighted by atomic mass is 10.1. The zero-order chi connectivity index (χ0) is 14.9. The topological polar surface area (TPSA) is 39.3 Å². The van der Waals surface area contributed by atoms with Crippen molar-refractivity contribution in [3.8, 4) is 0 Å². The van der Waals surface area contributed by atoms with Crippen LogP contribution in [0, 0.1) is 6.92 Å². The van der Waals surface area contributed by atoms with Gasteiger partial charge < -0.3 is 4.57 Å². The number of benzene rings is 1. The SMILES string of the molecule is Cc1cn(C)c(=O)n1/N=C/c1ccc(C(F)(F)F)cc1.